The number of nitrogens with one attached hydrogen (secondary N) is 3. The number of imide groups is 1. The van der Waals surface area contributed by atoms with Crippen LogP contribution in [-0.4, -0.2) is 36.8 Å². The highest BCUT2D eigenvalue weighted by atomic mass is 32.2. The van der Waals surface area contributed by atoms with Crippen molar-refractivity contribution in [3.63, 3.8) is 0 Å². The van der Waals surface area contributed by atoms with E-state index >= 15 is 0 Å². The molecular weight excluding hydrogens is 439 g/mol. The number of amides is 4. The lowest BCUT2D eigenvalue weighted by Gasteiger charge is -2.30. The number of rotatable bonds is 5. The molecule has 0 aromatic heterocycles. The molecule has 0 bridgehead atoms. The van der Waals surface area contributed by atoms with Gasteiger partial charge < -0.3 is 5.32 Å². The first kappa shape index (κ1) is 21.8. The van der Waals surface area contributed by atoms with E-state index in [1.54, 1.807) is 0 Å². The zero-order valence-electron chi connectivity index (χ0n) is 16.9. The van der Waals surface area contributed by atoms with Crippen LogP contribution in [-0.2, 0) is 14.8 Å². The van der Waals surface area contributed by atoms with Gasteiger partial charge in [0.15, 0.2) is 0 Å². The van der Waals surface area contributed by atoms with Crippen molar-refractivity contribution < 1.29 is 27.2 Å². The molecule has 3 N–H and O–H groups in total. The van der Waals surface area contributed by atoms with Crippen LogP contribution in [0.1, 0.15) is 42.5 Å². The minimum Gasteiger partial charge on any atom is -0.322 e. The Labute approximate surface area is 184 Å². The summed E-state index contributed by atoms with van der Waals surface area (Å²) < 4.78 is 41.2. The van der Waals surface area contributed by atoms with Gasteiger partial charge in [-0.2, -0.15) is 5.01 Å². The number of carbonyl (C=O) groups excluding carboxylic acids is 3. The largest absolute Gasteiger partial charge is 0.344 e. The number of halogens is 1. The quantitative estimate of drug-likeness (QED) is 0.592. The fraction of sp³-hybridized carbons (Fsp3) is 0.286. The average molecular weight is 460 g/mol. The highest BCUT2D eigenvalue weighted by molar-refractivity contribution is 7.92. The molecule has 0 radical (unpaired) electrons. The Morgan fingerprint density at radius 2 is 1.75 bits per heavy atom. The molecular formula is C21H21FN4O5S. The zero-order valence-corrected chi connectivity index (χ0v) is 17.7. The monoisotopic (exact) mass is 460 g/mol. The topological polar surface area (TPSA) is 125 Å². The van der Waals surface area contributed by atoms with Gasteiger partial charge in [0.05, 0.1) is 10.6 Å². The molecule has 0 unspecified atom stereocenters. The van der Waals surface area contributed by atoms with E-state index in [2.05, 4.69) is 15.5 Å². The van der Waals surface area contributed by atoms with Gasteiger partial charge in [-0.25, -0.2) is 17.6 Å². The second-order valence-corrected chi connectivity index (χ2v) is 9.45. The maximum atomic E-state index is 13.8. The number of urea groups is 1. The number of para-hydroxylation sites is 1. The molecule has 2 aromatic rings. The Hall–Kier alpha value is -3.47. The number of hydrogen-bond donors (Lipinski definition) is 3. The summed E-state index contributed by atoms with van der Waals surface area (Å²) in [5.74, 6) is -2.11. The van der Waals surface area contributed by atoms with Gasteiger partial charge in [0.25, 0.3) is 21.8 Å². The molecule has 1 aliphatic heterocycles. The molecule has 1 saturated carbocycles. The Bertz CT molecular complexity index is 1190. The third kappa shape index (κ3) is 4.03. The van der Waals surface area contributed by atoms with Crippen LogP contribution in [0.15, 0.2) is 53.4 Å². The second-order valence-electron chi connectivity index (χ2n) is 7.77. The predicted octanol–water partition coefficient (Wildman–Crippen LogP) is 2.53. The molecule has 2 aromatic carbocycles. The van der Waals surface area contributed by atoms with Gasteiger partial charge in [-0.15, -0.1) is 0 Å². The van der Waals surface area contributed by atoms with Gasteiger partial charge in [-0.3, -0.25) is 19.7 Å². The van der Waals surface area contributed by atoms with Crippen molar-refractivity contribution in [2.75, 3.05) is 4.72 Å². The van der Waals surface area contributed by atoms with Crippen molar-refractivity contribution in [1.82, 2.24) is 15.8 Å². The van der Waals surface area contributed by atoms with E-state index in [0.29, 0.717) is 17.9 Å². The van der Waals surface area contributed by atoms with E-state index in [9.17, 15) is 27.2 Å². The Morgan fingerprint density at radius 1 is 1.03 bits per heavy atom. The standard InChI is InChI=1S/C21H21FN4O5S/c22-16-9-2-3-10-17(16)25-32(30,31)15-8-6-7-14(13-15)18(27)24-26-19(28)21(23-20(26)29)11-4-1-5-12-21/h2-3,6-10,13,25H,1,4-5,11-12H2,(H,23,29)(H,24,27). The van der Waals surface area contributed by atoms with Crippen LogP contribution in [0, 0.1) is 5.82 Å². The lowest BCUT2D eigenvalue weighted by atomic mass is 9.82. The summed E-state index contributed by atoms with van der Waals surface area (Å²) in [4.78, 5) is 37.5. The summed E-state index contributed by atoms with van der Waals surface area (Å²) in [6, 6.07) is 9.54. The molecule has 1 saturated heterocycles. The molecule has 1 aliphatic carbocycles. The lowest BCUT2D eigenvalue weighted by molar-refractivity contribution is -0.134. The predicted molar refractivity (Wildman–Crippen MR) is 112 cm³/mol. The highest BCUT2D eigenvalue weighted by Gasteiger charge is 2.52. The molecule has 0 atom stereocenters. The van der Waals surface area contributed by atoms with Crippen molar-refractivity contribution in [3.05, 3.63) is 59.9 Å². The summed E-state index contributed by atoms with van der Waals surface area (Å²) in [6.07, 6.45) is 3.56. The van der Waals surface area contributed by atoms with E-state index in [-0.39, 0.29) is 16.1 Å². The molecule has 11 heteroatoms. The zero-order chi connectivity index (χ0) is 22.9. The van der Waals surface area contributed by atoms with Crippen molar-refractivity contribution >= 4 is 33.6 Å². The number of nitrogens with zero attached hydrogens (tertiary/aromatic N) is 1. The van der Waals surface area contributed by atoms with Gasteiger partial charge in [-0.05, 0) is 43.2 Å². The lowest BCUT2D eigenvalue weighted by Crippen LogP contribution is -2.50. The molecule has 9 nitrogen and oxygen atoms in total. The molecule has 4 amide bonds. The minimum absolute atomic E-state index is 0.0911. The number of benzene rings is 2. The van der Waals surface area contributed by atoms with E-state index in [1.165, 1.54) is 36.4 Å². The van der Waals surface area contributed by atoms with E-state index in [1.807, 2.05) is 0 Å². The van der Waals surface area contributed by atoms with Crippen LogP contribution in [0.5, 0.6) is 0 Å². The molecule has 1 heterocycles. The first-order valence-electron chi connectivity index (χ1n) is 10.1. The number of anilines is 1. The van der Waals surface area contributed by atoms with E-state index in [4.69, 9.17) is 0 Å². The normalized spacial score (nSPS) is 17.8. The summed E-state index contributed by atoms with van der Waals surface area (Å²) in [6.45, 7) is 0. The fourth-order valence-corrected chi connectivity index (χ4v) is 5.05. The first-order valence-corrected chi connectivity index (χ1v) is 11.6. The van der Waals surface area contributed by atoms with Gasteiger partial charge in [0, 0.05) is 5.56 Å². The Kier molecular flexibility index (Phi) is 5.59. The Morgan fingerprint density at radius 3 is 2.47 bits per heavy atom. The summed E-state index contributed by atoms with van der Waals surface area (Å²) >= 11 is 0. The summed E-state index contributed by atoms with van der Waals surface area (Å²) in [7, 11) is -4.19. The van der Waals surface area contributed by atoms with Crippen LogP contribution in [0.3, 0.4) is 0 Å². The molecule has 1 spiro atoms. The Balaban J connectivity index is 1.52. The van der Waals surface area contributed by atoms with Crippen LogP contribution in [0.25, 0.3) is 0 Å². The van der Waals surface area contributed by atoms with Crippen molar-refractivity contribution in [3.8, 4) is 0 Å². The molecule has 168 valence electrons. The fourth-order valence-electron chi connectivity index (χ4n) is 3.93. The third-order valence-corrected chi connectivity index (χ3v) is 6.97. The van der Waals surface area contributed by atoms with E-state index in [0.717, 1.165) is 31.4 Å². The minimum atomic E-state index is -4.19. The van der Waals surface area contributed by atoms with Gasteiger partial charge in [-0.1, -0.05) is 37.5 Å². The number of hydrazine groups is 1. The number of carbonyl (C=O) groups is 3. The maximum absolute atomic E-state index is 13.8. The smallest absolute Gasteiger partial charge is 0.322 e. The van der Waals surface area contributed by atoms with Gasteiger partial charge >= 0.3 is 6.03 Å². The summed E-state index contributed by atoms with van der Waals surface area (Å²) in [5.41, 5.74) is 0.931. The van der Waals surface area contributed by atoms with Crippen molar-refractivity contribution in [1.29, 1.82) is 0 Å². The van der Waals surface area contributed by atoms with Crippen LogP contribution >= 0.6 is 0 Å². The molecule has 4 rings (SSSR count). The van der Waals surface area contributed by atoms with Gasteiger partial charge in [0.1, 0.15) is 11.4 Å². The second kappa shape index (κ2) is 8.23. The van der Waals surface area contributed by atoms with Crippen molar-refractivity contribution in [2.45, 2.75) is 42.5 Å². The van der Waals surface area contributed by atoms with E-state index < -0.39 is 39.2 Å². The average Bonchev–Trinajstić information content (AvgIpc) is 2.99. The van der Waals surface area contributed by atoms with Gasteiger partial charge in [0.2, 0.25) is 0 Å². The molecule has 32 heavy (non-hydrogen) atoms. The van der Waals surface area contributed by atoms with Crippen LogP contribution in [0.4, 0.5) is 14.9 Å². The van der Waals surface area contributed by atoms with Crippen LogP contribution < -0.4 is 15.5 Å². The first-order chi connectivity index (χ1) is 15.2. The summed E-state index contributed by atoms with van der Waals surface area (Å²) in [5, 5.41) is 3.32. The number of hydrogen-bond acceptors (Lipinski definition) is 5. The third-order valence-electron chi connectivity index (χ3n) is 5.61. The number of sulfonamides is 1. The SMILES string of the molecule is O=C(NN1C(=O)NC2(CCCCC2)C1=O)c1cccc(S(=O)(=O)Nc2ccccc2F)c1. The maximum Gasteiger partial charge on any atom is 0.344 e. The molecule has 2 fully saturated rings. The van der Waals surface area contributed by atoms with Crippen LogP contribution in [0.2, 0.25) is 0 Å². The molecule has 2 aliphatic rings. The van der Waals surface area contributed by atoms with Crippen molar-refractivity contribution in [2.24, 2.45) is 0 Å². The highest BCUT2D eigenvalue weighted by Crippen LogP contribution is 2.33.